The Labute approximate surface area is 207 Å². The van der Waals surface area contributed by atoms with E-state index in [4.69, 9.17) is 9.47 Å². The van der Waals surface area contributed by atoms with Crippen LogP contribution in [0, 0.1) is 6.92 Å². The third-order valence-corrected chi connectivity index (χ3v) is 8.75. The molecule has 5 nitrogen and oxygen atoms in total. The van der Waals surface area contributed by atoms with Crippen LogP contribution in [0.15, 0.2) is 83.8 Å². The average molecular weight is 488 g/mol. The lowest BCUT2D eigenvalue weighted by atomic mass is 9.89. The molecule has 5 rings (SSSR count). The number of ether oxygens (including phenoxy) is 2. The molecular weight excluding hydrogens is 458 g/mol. The lowest BCUT2D eigenvalue weighted by molar-refractivity contribution is 0.301. The Hall–Kier alpha value is -3.35. The van der Waals surface area contributed by atoms with Crippen LogP contribution >= 0.6 is 0 Å². The van der Waals surface area contributed by atoms with Gasteiger partial charge in [0, 0.05) is 6.54 Å². The van der Waals surface area contributed by atoms with E-state index in [-0.39, 0.29) is 6.04 Å². The van der Waals surface area contributed by atoms with Crippen LogP contribution in [-0.4, -0.2) is 33.5 Å². The topological polar surface area (TPSA) is 55.8 Å². The molecule has 1 heterocycles. The molecule has 0 saturated carbocycles. The minimum Gasteiger partial charge on any atom is -0.493 e. The van der Waals surface area contributed by atoms with Gasteiger partial charge in [0.25, 0.3) is 0 Å². The van der Waals surface area contributed by atoms with Gasteiger partial charge in [0.2, 0.25) is 10.0 Å². The molecule has 1 aliphatic rings. The van der Waals surface area contributed by atoms with Crippen molar-refractivity contribution in [2.45, 2.75) is 30.7 Å². The number of hydrogen-bond donors (Lipinski definition) is 0. The molecule has 1 unspecified atom stereocenters. The molecule has 180 valence electrons. The molecule has 1 atom stereocenters. The number of nitrogens with zero attached hydrogens (tertiary/aromatic N) is 1. The summed E-state index contributed by atoms with van der Waals surface area (Å²) in [7, 11) is -0.485. The summed E-state index contributed by atoms with van der Waals surface area (Å²) in [6.07, 6.45) is 1.16. The quantitative estimate of drug-likeness (QED) is 0.350. The largest absolute Gasteiger partial charge is 0.493 e. The van der Waals surface area contributed by atoms with Gasteiger partial charge in [-0.2, -0.15) is 4.31 Å². The first kappa shape index (κ1) is 23.4. The summed E-state index contributed by atoms with van der Waals surface area (Å²) in [5, 5.41) is 2.30. The lowest BCUT2D eigenvalue weighted by Gasteiger charge is -2.37. The molecule has 4 aromatic rings. The predicted octanol–water partition coefficient (Wildman–Crippen LogP) is 5.70. The Morgan fingerprint density at radius 1 is 0.857 bits per heavy atom. The molecule has 0 N–H and O–H groups in total. The van der Waals surface area contributed by atoms with E-state index in [1.807, 2.05) is 43.3 Å². The van der Waals surface area contributed by atoms with Gasteiger partial charge in [-0.25, -0.2) is 8.42 Å². The van der Waals surface area contributed by atoms with Gasteiger partial charge >= 0.3 is 0 Å². The Morgan fingerprint density at radius 3 is 2.26 bits per heavy atom. The van der Waals surface area contributed by atoms with Crippen molar-refractivity contribution >= 4 is 20.8 Å². The number of sulfonamides is 1. The van der Waals surface area contributed by atoms with Crippen molar-refractivity contribution in [3.8, 4) is 11.5 Å². The van der Waals surface area contributed by atoms with E-state index < -0.39 is 10.0 Å². The van der Waals surface area contributed by atoms with E-state index in [0.29, 0.717) is 35.8 Å². The van der Waals surface area contributed by atoms with Crippen LogP contribution < -0.4 is 9.47 Å². The smallest absolute Gasteiger partial charge is 0.243 e. The molecule has 0 amide bonds. The van der Waals surface area contributed by atoms with Gasteiger partial charge in [0.1, 0.15) is 0 Å². The first-order valence-electron chi connectivity index (χ1n) is 11.7. The fourth-order valence-electron chi connectivity index (χ4n) is 4.94. The van der Waals surface area contributed by atoms with E-state index in [1.165, 1.54) is 0 Å². The summed E-state index contributed by atoms with van der Waals surface area (Å²) < 4.78 is 40.5. The second-order valence-electron chi connectivity index (χ2n) is 8.99. The zero-order valence-corrected chi connectivity index (χ0v) is 21.0. The zero-order chi connectivity index (χ0) is 24.6. The Kier molecular flexibility index (Phi) is 6.26. The van der Waals surface area contributed by atoms with Gasteiger partial charge in [0.05, 0.1) is 25.2 Å². The molecule has 0 saturated heterocycles. The first-order valence-corrected chi connectivity index (χ1v) is 13.2. The standard InChI is InChI=1S/C29H29NO4S/c1-20-8-12-25(13-9-20)35(31,32)30-15-14-24-18-28(33-2)29(34-3)19-26(24)27(30)17-21-10-11-22-6-4-5-7-23(22)16-21/h4-13,16,18-19,27H,14-15,17H2,1-3H3. The Bertz CT molecular complexity index is 1480. The number of hydrogen-bond acceptors (Lipinski definition) is 4. The van der Waals surface area contributed by atoms with Gasteiger partial charge in [-0.15, -0.1) is 0 Å². The van der Waals surface area contributed by atoms with Crippen LogP contribution in [0.3, 0.4) is 0 Å². The van der Waals surface area contributed by atoms with Crippen molar-refractivity contribution in [3.05, 3.63) is 101 Å². The maximum absolute atomic E-state index is 13.9. The highest BCUT2D eigenvalue weighted by atomic mass is 32.2. The van der Waals surface area contributed by atoms with Crippen molar-refractivity contribution in [1.82, 2.24) is 4.31 Å². The summed E-state index contributed by atoms with van der Waals surface area (Å²) in [6, 6.07) is 25.2. The van der Waals surface area contributed by atoms with Crippen molar-refractivity contribution in [2.24, 2.45) is 0 Å². The van der Waals surface area contributed by atoms with Crippen LogP contribution in [0.1, 0.15) is 28.3 Å². The first-order chi connectivity index (χ1) is 16.9. The molecule has 0 radical (unpaired) electrons. The highest BCUT2D eigenvalue weighted by Crippen LogP contribution is 2.41. The Morgan fingerprint density at radius 2 is 1.54 bits per heavy atom. The van der Waals surface area contributed by atoms with Gasteiger partial charge in [-0.1, -0.05) is 60.2 Å². The Balaban J connectivity index is 1.63. The highest BCUT2D eigenvalue weighted by Gasteiger charge is 2.37. The minimum absolute atomic E-state index is 0.315. The van der Waals surface area contributed by atoms with Gasteiger partial charge in [0.15, 0.2) is 11.5 Å². The van der Waals surface area contributed by atoms with Crippen LogP contribution in [0.4, 0.5) is 0 Å². The fraction of sp³-hybridized carbons (Fsp3) is 0.241. The summed E-state index contributed by atoms with van der Waals surface area (Å²) in [5.41, 5.74) is 4.15. The highest BCUT2D eigenvalue weighted by molar-refractivity contribution is 7.89. The molecule has 0 spiro atoms. The second-order valence-corrected chi connectivity index (χ2v) is 10.9. The normalized spacial score (nSPS) is 16.1. The van der Waals surface area contributed by atoms with E-state index in [9.17, 15) is 8.42 Å². The number of methoxy groups -OCH3 is 2. The predicted molar refractivity (Wildman–Crippen MR) is 139 cm³/mol. The molecule has 6 heteroatoms. The molecule has 35 heavy (non-hydrogen) atoms. The number of aryl methyl sites for hydroxylation is 1. The monoisotopic (exact) mass is 487 g/mol. The summed E-state index contributed by atoms with van der Waals surface area (Å²) in [4.78, 5) is 0.315. The summed E-state index contributed by atoms with van der Waals surface area (Å²) >= 11 is 0. The molecule has 0 fully saturated rings. The number of fused-ring (bicyclic) bond motifs is 2. The van der Waals surface area contributed by atoms with E-state index in [1.54, 1.807) is 30.7 Å². The summed E-state index contributed by atoms with van der Waals surface area (Å²) in [5.74, 6) is 1.26. The van der Waals surface area contributed by atoms with E-state index >= 15 is 0 Å². The van der Waals surface area contributed by atoms with Crippen molar-refractivity contribution < 1.29 is 17.9 Å². The third kappa shape index (κ3) is 4.40. The van der Waals surface area contributed by atoms with Gasteiger partial charge in [-0.05, 0) is 71.5 Å². The van der Waals surface area contributed by atoms with Crippen LogP contribution in [-0.2, 0) is 22.9 Å². The van der Waals surface area contributed by atoms with Crippen LogP contribution in [0.2, 0.25) is 0 Å². The van der Waals surface area contributed by atoms with Crippen LogP contribution in [0.5, 0.6) is 11.5 Å². The average Bonchev–Trinajstić information content (AvgIpc) is 2.88. The third-order valence-electron chi connectivity index (χ3n) is 6.82. The van der Waals surface area contributed by atoms with Crippen molar-refractivity contribution in [3.63, 3.8) is 0 Å². The van der Waals surface area contributed by atoms with Crippen LogP contribution in [0.25, 0.3) is 10.8 Å². The van der Waals surface area contributed by atoms with Gasteiger partial charge in [-0.3, -0.25) is 0 Å². The van der Waals surface area contributed by atoms with E-state index in [0.717, 1.165) is 33.0 Å². The fourth-order valence-corrected chi connectivity index (χ4v) is 6.54. The molecule has 0 bridgehead atoms. The molecule has 0 aromatic heterocycles. The maximum Gasteiger partial charge on any atom is 0.243 e. The molecule has 0 aliphatic carbocycles. The van der Waals surface area contributed by atoms with Crippen molar-refractivity contribution in [2.75, 3.05) is 20.8 Å². The summed E-state index contributed by atoms with van der Waals surface area (Å²) in [6.45, 7) is 2.35. The molecular formula is C29H29NO4S. The van der Waals surface area contributed by atoms with E-state index in [2.05, 4.69) is 30.3 Å². The van der Waals surface area contributed by atoms with Crippen molar-refractivity contribution in [1.29, 1.82) is 0 Å². The lowest BCUT2D eigenvalue weighted by Crippen LogP contribution is -2.41. The number of rotatable bonds is 6. The minimum atomic E-state index is -3.71. The second kappa shape index (κ2) is 9.36. The van der Waals surface area contributed by atoms with Gasteiger partial charge < -0.3 is 9.47 Å². The maximum atomic E-state index is 13.9. The SMILES string of the molecule is COc1cc2c(cc1OC)C(Cc1ccc3ccccc3c1)N(S(=O)(=O)c1ccc(C)cc1)CC2. The molecule has 1 aliphatic heterocycles. The number of benzene rings is 4. The molecule has 4 aromatic carbocycles. The zero-order valence-electron chi connectivity index (χ0n) is 20.2.